The van der Waals surface area contributed by atoms with Gasteiger partial charge < -0.3 is 5.11 Å². The van der Waals surface area contributed by atoms with Crippen molar-refractivity contribution in [2.45, 2.75) is 29.8 Å². The van der Waals surface area contributed by atoms with E-state index in [9.17, 15) is 14.0 Å². The molecular weight excluding hydrogens is 297 g/mol. The standard InChI is InChI=1S/C13H12FN3O3S/c14-10-5-7(11(18)19)1-2-8(10)6-21-13-16-15-12(20)17(13)9-3-4-9/h1-2,5,9H,3-4,6H2,(H,15,20)(H,18,19). The summed E-state index contributed by atoms with van der Waals surface area (Å²) >= 11 is 1.25. The maximum absolute atomic E-state index is 13.8. The number of halogens is 1. The first-order valence-corrected chi connectivity index (χ1v) is 7.36. The van der Waals surface area contributed by atoms with E-state index in [1.165, 1.54) is 23.9 Å². The van der Waals surface area contributed by atoms with Gasteiger partial charge in [-0.25, -0.2) is 19.1 Å². The predicted molar refractivity (Wildman–Crippen MR) is 74.0 cm³/mol. The molecule has 0 amide bonds. The Balaban J connectivity index is 1.76. The van der Waals surface area contributed by atoms with E-state index < -0.39 is 11.8 Å². The van der Waals surface area contributed by atoms with Crippen LogP contribution in [0.15, 0.2) is 28.2 Å². The van der Waals surface area contributed by atoms with E-state index in [0.29, 0.717) is 10.7 Å². The van der Waals surface area contributed by atoms with E-state index in [2.05, 4.69) is 10.2 Å². The lowest BCUT2D eigenvalue weighted by molar-refractivity contribution is 0.0696. The van der Waals surface area contributed by atoms with Crippen molar-refractivity contribution in [1.29, 1.82) is 0 Å². The van der Waals surface area contributed by atoms with Crippen molar-refractivity contribution < 1.29 is 14.3 Å². The molecule has 110 valence electrons. The van der Waals surface area contributed by atoms with Gasteiger partial charge in [0.25, 0.3) is 0 Å². The normalized spacial score (nSPS) is 14.3. The highest BCUT2D eigenvalue weighted by molar-refractivity contribution is 7.98. The van der Waals surface area contributed by atoms with E-state index in [0.717, 1.165) is 18.9 Å². The number of thioether (sulfide) groups is 1. The fraction of sp³-hybridized carbons (Fsp3) is 0.308. The molecule has 1 aromatic carbocycles. The van der Waals surface area contributed by atoms with Crippen molar-refractivity contribution in [3.8, 4) is 0 Å². The third-order valence-corrected chi connectivity index (χ3v) is 4.24. The van der Waals surface area contributed by atoms with Crippen LogP contribution in [0.25, 0.3) is 0 Å². The minimum atomic E-state index is -1.16. The Morgan fingerprint density at radius 2 is 2.29 bits per heavy atom. The van der Waals surface area contributed by atoms with Crippen molar-refractivity contribution in [2.24, 2.45) is 0 Å². The molecule has 0 spiro atoms. The number of carboxylic acid groups (broad SMARTS) is 1. The number of benzene rings is 1. The average molecular weight is 309 g/mol. The SMILES string of the molecule is O=C(O)c1ccc(CSc2n[nH]c(=O)n2C2CC2)c(F)c1. The summed E-state index contributed by atoms with van der Waals surface area (Å²) in [6, 6.07) is 3.99. The van der Waals surface area contributed by atoms with Gasteiger partial charge in [-0.05, 0) is 30.5 Å². The zero-order valence-electron chi connectivity index (χ0n) is 10.9. The summed E-state index contributed by atoms with van der Waals surface area (Å²) < 4.78 is 15.4. The zero-order valence-corrected chi connectivity index (χ0v) is 11.7. The van der Waals surface area contributed by atoms with Gasteiger partial charge in [0.2, 0.25) is 0 Å². The summed E-state index contributed by atoms with van der Waals surface area (Å²) in [5.41, 5.74) is 0.0420. The fourth-order valence-electron chi connectivity index (χ4n) is 1.99. The number of rotatable bonds is 5. The van der Waals surface area contributed by atoms with Crippen molar-refractivity contribution in [1.82, 2.24) is 14.8 Å². The third kappa shape index (κ3) is 2.85. The molecule has 1 aromatic heterocycles. The molecule has 1 aliphatic carbocycles. The minimum absolute atomic E-state index is 0.0871. The van der Waals surface area contributed by atoms with Crippen LogP contribution in [0, 0.1) is 5.82 Å². The fourth-order valence-corrected chi connectivity index (χ4v) is 2.99. The quantitative estimate of drug-likeness (QED) is 0.825. The molecule has 1 saturated carbocycles. The van der Waals surface area contributed by atoms with E-state index in [4.69, 9.17) is 5.11 Å². The molecule has 0 unspecified atom stereocenters. The van der Waals surface area contributed by atoms with E-state index in [-0.39, 0.29) is 23.0 Å². The van der Waals surface area contributed by atoms with Crippen LogP contribution >= 0.6 is 11.8 Å². The number of carboxylic acids is 1. The summed E-state index contributed by atoms with van der Waals surface area (Å²) in [4.78, 5) is 22.4. The maximum atomic E-state index is 13.8. The lowest BCUT2D eigenvalue weighted by atomic mass is 10.1. The molecule has 3 rings (SSSR count). The molecule has 6 nitrogen and oxygen atoms in total. The topological polar surface area (TPSA) is 88.0 Å². The molecule has 0 radical (unpaired) electrons. The highest BCUT2D eigenvalue weighted by Crippen LogP contribution is 2.36. The number of hydrogen-bond acceptors (Lipinski definition) is 4. The predicted octanol–water partition coefficient (Wildman–Crippen LogP) is 2.04. The number of carbonyl (C=O) groups is 1. The Morgan fingerprint density at radius 3 is 2.90 bits per heavy atom. The molecule has 2 aromatic rings. The summed E-state index contributed by atoms with van der Waals surface area (Å²) in [5.74, 6) is -1.45. The molecule has 1 aliphatic rings. The van der Waals surface area contributed by atoms with Gasteiger partial charge in [-0.1, -0.05) is 17.8 Å². The van der Waals surface area contributed by atoms with Crippen molar-refractivity contribution in [3.05, 3.63) is 45.6 Å². The summed E-state index contributed by atoms with van der Waals surface area (Å²) in [7, 11) is 0. The van der Waals surface area contributed by atoms with E-state index in [1.54, 1.807) is 4.57 Å². The van der Waals surface area contributed by atoms with Crippen LogP contribution in [-0.4, -0.2) is 25.8 Å². The number of aromatic carboxylic acids is 1. The number of aromatic amines is 1. The van der Waals surface area contributed by atoms with E-state index >= 15 is 0 Å². The first kappa shape index (κ1) is 13.9. The molecule has 2 N–H and O–H groups in total. The van der Waals surface area contributed by atoms with Crippen molar-refractivity contribution in [3.63, 3.8) is 0 Å². The van der Waals surface area contributed by atoms with Crippen LogP contribution in [0.2, 0.25) is 0 Å². The number of H-pyrrole nitrogens is 1. The van der Waals surface area contributed by atoms with Crippen LogP contribution in [0.5, 0.6) is 0 Å². The van der Waals surface area contributed by atoms with Gasteiger partial charge in [-0.2, -0.15) is 0 Å². The summed E-state index contributed by atoms with van der Waals surface area (Å²) in [6.07, 6.45) is 1.91. The van der Waals surface area contributed by atoms with Crippen molar-refractivity contribution >= 4 is 17.7 Å². The minimum Gasteiger partial charge on any atom is -0.478 e. The number of aromatic nitrogens is 3. The van der Waals surface area contributed by atoms with Crippen LogP contribution in [0.3, 0.4) is 0 Å². The monoisotopic (exact) mass is 309 g/mol. The average Bonchev–Trinajstić information content (AvgIpc) is 3.21. The molecule has 0 aliphatic heterocycles. The number of nitrogens with zero attached hydrogens (tertiary/aromatic N) is 2. The Labute approximate surface area is 123 Å². The molecule has 1 heterocycles. The Morgan fingerprint density at radius 1 is 1.52 bits per heavy atom. The summed E-state index contributed by atoms with van der Waals surface area (Å²) in [6.45, 7) is 0. The van der Waals surface area contributed by atoms with Gasteiger partial charge >= 0.3 is 11.7 Å². The molecule has 21 heavy (non-hydrogen) atoms. The van der Waals surface area contributed by atoms with Crippen LogP contribution in [0.4, 0.5) is 4.39 Å². The zero-order chi connectivity index (χ0) is 15.0. The number of nitrogens with one attached hydrogen (secondary N) is 1. The van der Waals surface area contributed by atoms with E-state index in [1.807, 2.05) is 0 Å². The van der Waals surface area contributed by atoms with Gasteiger partial charge in [0.05, 0.1) is 5.56 Å². The largest absolute Gasteiger partial charge is 0.478 e. The lowest BCUT2D eigenvalue weighted by Gasteiger charge is -2.05. The van der Waals surface area contributed by atoms with Crippen molar-refractivity contribution in [2.75, 3.05) is 0 Å². The molecule has 1 fully saturated rings. The van der Waals surface area contributed by atoms with Crippen LogP contribution < -0.4 is 5.69 Å². The smallest absolute Gasteiger partial charge is 0.344 e. The van der Waals surface area contributed by atoms with Gasteiger partial charge in [0.15, 0.2) is 5.16 Å². The van der Waals surface area contributed by atoms with Gasteiger partial charge in [0, 0.05) is 11.8 Å². The molecule has 0 saturated heterocycles. The molecule has 0 bridgehead atoms. The Hall–Kier alpha value is -2.09. The van der Waals surface area contributed by atoms with Gasteiger partial charge in [-0.3, -0.25) is 4.57 Å². The van der Waals surface area contributed by atoms with Crippen LogP contribution in [0.1, 0.15) is 34.8 Å². The van der Waals surface area contributed by atoms with Gasteiger partial charge in [-0.15, -0.1) is 5.10 Å². The molecule has 8 heteroatoms. The Kier molecular flexibility index (Phi) is 3.54. The van der Waals surface area contributed by atoms with Crippen LogP contribution in [-0.2, 0) is 5.75 Å². The van der Waals surface area contributed by atoms with Gasteiger partial charge in [0.1, 0.15) is 5.82 Å². The first-order valence-electron chi connectivity index (χ1n) is 6.37. The Bertz CT molecular complexity index is 751. The highest BCUT2D eigenvalue weighted by Gasteiger charge is 2.28. The molecular formula is C13H12FN3O3S. The number of hydrogen-bond donors (Lipinski definition) is 2. The second-order valence-corrected chi connectivity index (χ2v) is 5.76. The second-order valence-electron chi connectivity index (χ2n) is 4.81. The maximum Gasteiger partial charge on any atom is 0.344 e. The lowest BCUT2D eigenvalue weighted by Crippen LogP contribution is -2.16. The third-order valence-electron chi connectivity index (χ3n) is 3.24. The molecule has 0 atom stereocenters. The first-order chi connectivity index (χ1) is 10.1. The summed E-state index contributed by atoms with van der Waals surface area (Å²) in [5, 5.41) is 15.7. The second kappa shape index (κ2) is 5.36. The highest BCUT2D eigenvalue weighted by atomic mass is 32.2.